The van der Waals surface area contributed by atoms with E-state index in [-0.39, 0.29) is 18.8 Å². The first-order chi connectivity index (χ1) is 15.0. The molecule has 0 saturated heterocycles. The number of esters is 1. The van der Waals surface area contributed by atoms with Crippen molar-refractivity contribution in [2.75, 3.05) is 26.1 Å². The Hall–Kier alpha value is -4.08. The Kier molecular flexibility index (Phi) is 6.71. The van der Waals surface area contributed by atoms with E-state index >= 15 is 0 Å². The molecule has 10 heteroatoms. The van der Waals surface area contributed by atoms with Crippen molar-refractivity contribution >= 4 is 17.6 Å². The zero-order valence-corrected chi connectivity index (χ0v) is 17.4. The van der Waals surface area contributed by atoms with Crippen LogP contribution >= 0.6 is 0 Å². The van der Waals surface area contributed by atoms with E-state index in [2.05, 4.69) is 10.5 Å². The van der Waals surface area contributed by atoms with Crippen molar-refractivity contribution in [2.24, 2.45) is 0 Å². The first-order valence-corrected chi connectivity index (χ1v) is 9.47. The molecule has 0 aliphatic carbocycles. The van der Waals surface area contributed by atoms with Crippen molar-refractivity contribution < 1.29 is 28.5 Å². The van der Waals surface area contributed by atoms with E-state index < -0.39 is 17.4 Å². The number of amides is 1. The largest absolute Gasteiger partial charge is 0.497 e. The number of ether oxygens (including phenoxy) is 3. The highest BCUT2D eigenvalue weighted by atomic mass is 16.5. The highest BCUT2D eigenvalue weighted by Gasteiger charge is 2.31. The molecule has 31 heavy (non-hydrogen) atoms. The Balaban J connectivity index is 1.98. The number of hydrogen-bond donors (Lipinski definition) is 2. The van der Waals surface area contributed by atoms with E-state index in [9.17, 15) is 14.4 Å². The minimum absolute atomic E-state index is 0.177. The molecule has 0 radical (unpaired) electrons. The van der Waals surface area contributed by atoms with E-state index in [0.29, 0.717) is 22.9 Å². The monoisotopic (exact) mass is 427 g/mol. The van der Waals surface area contributed by atoms with Crippen molar-refractivity contribution in [1.82, 2.24) is 9.90 Å². The average Bonchev–Trinajstić information content (AvgIpc) is 3.10. The van der Waals surface area contributed by atoms with Gasteiger partial charge in [-0.1, -0.05) is 9.90 Å². The molecule has 1 aromatic heterocycles. The molecule has 0 spiro atoms. The lowest BCUT2D eigenvalue weighted by Gasteiger charge is -2.05. The number of aromatic amines is 1. The Morgan fingerprint density at radius 2 is 1.58 bits per heavy atom. The van der Waals surface area contributed by atoms with Crippen LogP contribution in [0.15, 0.2) is 53.3 Å². The van der Waals surface area contributed by atoms with Crippen LogP contribution in [-0.2, 0) is 16.1 Å². The van der Waals surface area contributed by atoms with Gasteiger partial charge < -0.3 is 19.5 Å². The summed E-state index contributed by atoms with van der Waals surface area (Å²) in [6.07, 6.45) is 0. The third-order valence-electron chi connectivity index (χ3n) is 4.38. The summed E-state index contributed by atoms with van der Waals surface area (Å²) < 4.78 is 17.5. The standard InChI is InChI=1S/C21H22N4O6/c1-4-31-18(26)13-24-19(20(27)22-14-5-9-16(29-2)10-6-14)21(28)25(23-24)15-7-11-17(30-3)12-8-15/h5-12H,4,13H2,1-3H3,(H-,22,23,27,28)/p+1. The molecular weight excluding hydrogens is 404 g/mol. The molecule has 1 heterocycles. The second-order valence-electron chi connectivity index (χ2n) is 6.36. The maximum Gasteiger partial charge on any atom is 0.411 e. The highest BCUT2D eigenvalue weighted by Crippen LogP contribution is 2.16. The molecule has 162 valence electrons. The number of H-pyrrole nitrogens is 1. The van der Waals surface area contributed by atoms with Crippen molar-refractivity contribution in [3.8, 4) is 17.2 Å². The van der Waals surface area contributed by atoms with Gasteiger partial charge in [0.05, 0.1) is 20.8 Å². The second kappa shape index (κ2) is 9.61. The van der Waals surface area contributed by atoms with Crippen LogP contribution in [0.1, 0.15) is 17.4 Å². The zero-order valence-electron chi connectivity index (χ0n) is 17.4. The third-order valence-corrected chi connectivity index (χ3v) is 4.38. The lowest BCUT2D eigenvalue weighted by Crippen LogP contribution is -2.48. The van der Waals surface area contributed by atoms with Gasteiger partial charge in [-0.25, -0.2) is 9.59 Å². The normalized spacial score (nSPS) is 10.4. The van der Waals surface area contributed by atoms with Crippen molar-refractivity contribution in [2.45, 2.75) is 13.5 Å². The Labute approximate surface area is 177 Å². The van der Waals surface area contributed by atoms with Gasteiger partial charge in [-0.3, -0.25) is 4.79 Å². The fourth-order valence-electron chi connectivity index (χ4n) is 2.88. The Morgan fingerprint density at radius 3 is 2.13 bits per heavy atom. The molecule has 0 unspecified atom stereocenters. The lowest BCUT2D eigenvalue weighted by molar-refractivity contribution is -0.746. The van der Waals surface area contributed by atoms with Gasteiger partial charge in [0.25, 0.3) is 0 Å². The van der Waals surface area contributed by atoms with Gasteiger partial charge in [-0.05, 0) is 55.5 Å². The maximum atomic E-state index is 13.1. The third kappa shape index (κ3) is 4.92. The lowest BCUT2D eigenvalue weighted by atomic mass is 10.3. The van der Waals surface area contributed by atoms with Crippen LogP contribution in [0.5, 0.6) is 11.5 Å². The molecule has 3 aromatic rings. The first kappa shape index (κ1) is 21.6. The number of anilines is 1. The number of rotatable bonds is 8. The van der Waals surface area contributed by atoms with Crippen molar-refractivity contribution in [3.63, 3.8) is 0 Å². The predicted molar refractivity (Wildman–Crippen MR) is 111 cm³/mol. The van der Waals surface area contributed by atoms with Gasteiger partial charge in [-0.2, -0.15) is 0 Å². The van der Waals surface area contributed by atoms with Crippen molar-refractivity contribution in [3.05, 3.63) is 64.6 Å². The molecule has 3 rings (SSSR count). The van der Waals surface area contributed by atoms with Crippen LogP contribution in [0.3, 0.4) is 0 Å². The summed E-state index contributed by atoms with van der Waals surface area (Å²) in [6, 6.07) is 13.3. The number of nitrogens with one attached hydrogen (secondary N) is 2. The van der Waals surface area contributed by atoms with Gasteiger partial charge in [0.2, 0.25) is 6.54 Å². The fourth-order valence-corrected chi connectivity index (χ4v) is 2.88. The number of aromatic nitrogens is 3. The molecule has 0 aliphatic heterocycles. The molecular formula is C21H23N4O6+. The van der Waals surface area contributed by atoms with Crippen LogP contribution in [0.4, 0.5) is 5.69 Å². The smallest absolute Gasteiger partial charge is 0.411 e. The number of hydrogen-bond acceptors (Lipinski definition) is 6. The second-order valence-corrected chi connectivity index (χ2v) is 6.36. The van der Waals surface area contributed by atoms with Gasteiger partial charge in [0.15, 0.2) is 5.69 Å². The zero-order chi connectivity index (χ0) is 22.4. The highest BCUT2D eigenvalue weighted by molar-refractivity contribution is 6.01. The molecule has 0 saturated carbocycles. The molecule has 0 atom stereocenters. The number of methoxy groups -OCH3 is 2. The van der Waals surface area contributed by atoms with Crippen LogP contribution in [0.2, 0.25) is 0 Å². The van der Waals surface area contributed by atoms with Gasteiger partial charge in [0, 0.05) is 5.69 Å². The number of benzene rings is 2. The van der Waals surface area contributed by atoms with E-state index in [0.717, 1.165) is 4.68 Å². The summed E-state index contributed by atoms with van der Waals surface area (Å²) in [6.45, 7) is 1.51. The molecule has 0 fully saturated rings. The molecule has 0 bridgehead atoms. The van der Waals surface area contributed by atoms with Gasteiger partial charge in [0.1, 0.15) is 11.5 Å². The van der Waals surface area contributed by atoms with Crippen LogP contribution in [-0.4, -0.2) is 42.6 Å². The predicted octanol–water partition coefficient (Wildman–Crippen LogP) is 1.29. The molecule has 2 aromatic carbocycles. The quantitative estimate of drug-likeness (QED) is 0.413. The van der Waals surface area contributed by atoms with E-state index in [4.69, 9.17) is 14.2 Å². The minimum Gasteiger partial charge on any atom is -0.497 e. The minimum atomic E-state index is -0.678. The van der Waals surface area contributed by atoms with Crippen molar-refractivity contribution in [1.29, 1.82) is 0 Å². The summed E-state index contributed by atoms with van der Waals surface area (Å²) >= 11 is 0. The van der Waals surface area contributed by atoms with E-state index in [1.54, 1.807) is 55.5 Å². The van der Waals surface area contributed by atoms with Crippen LogP contribution < -0.4 is 25.0 Å². The van der Waals surface area contributed by atoms with Crippen LogP contribution in [0.25, 0.3) is 5.69 Å². The number of nitrogens with zero attached hydrogens (tertiary/aromatic N) is 2. The molecule has 0 aliphatic rings. The topological polar surface area (TPSA) is 116 Å². The Bertz CT molecular complexity index is 1120. The van der Waals surface area contributed by atoms with E-state index in [1.165, 1.54) is 18.9 Å². The van der Waals surface area contributed by atoms with Gasteiger partial charge in [-0.15, -0.1) is 4.68 Å². The molecule has 10 nitrogen and oxygen atoms in total. The van der Waals surface area contributed by atoms with Crippen LogP contribution in [0, 0.1) is 0 Å². The Morgan fingerprint density at radius 1 is 1.00 bits per heavy atom. The summed E-state index contributed by atoms with van der Waals surface area (Å²) in [4.78, 5) is 38.0. The fraction of sp³-hybridized carbons (Fsp3) is 0.238. The first-order valence-electron chi connectivity index (χ1n) is 9.47. The van der Waals surface area contributed by atoms with E-state index in [1.807, 2.05) is 0 Å². The maximum absolute atomic E-state index is 13.1. The summed E-state index contributed by atoms with van der Waals surface area (Å²) in [7, 11) is 3.07. The average molecular weight is 427 g/mol. The SMILES string of the molecule is CCOC(=O)C[n+]1[nH]n(-c2ccc(OC)cc2)c(=O)c1C(=O)Nc1ccc(OC)cc1. The molecule has 1 amide bonds. The van der Waals surface area contributed by atoms with Gasteiger partial charge >= 0.3 is 23.1 Å². The number of carbonyl (C=O) groups is 2. The summed E-state index contributed by atoms with van der Waals surface area (Å²) in [5.74, 6) is -0.0313. The molecule has 2 N–H and O–H groups in total. The number of carbonyl (C=O) groups excluding carboxylic acids is 2. The summed E-state index contributed by atoms with van der Waals surface area (Å²) in [5.41, 5.74) is 0.0529. The summed E-state index contributed by atoms with van der Waals surface area (Å²) in [5, 5.41) is 5.43.